The summed E-state index contributed by atoms with van der Waals surface area (Å²) in [6, 6.07) is 0.695. The summed E-state index contributed by atoms with van der Waals surface area (Å²) in [4.78, 5) is 7.48. The molecule has 1 fully saturated rings. The average Bonchev–Trinajstić information content (AvgIpc) is 2.95. The van der Waals surface area contributed by atoms with Gasteiger partial charge in [-0.3, -0.25) is 0 Å². The summed E-state index contributed by atoms with van der Waals surface area (Å²) in [7, 11) is 0. The van der Waals surface area contributed by atoms with Crippen molar-refractivity contribution in [3.05, 3.63) is 17.7 Å². The smallest absolute Gasteiger partial charge is 0.109 e. The van der Waals surface area contributed by atoms with Crippen molar-refractivity contribution in [3.8, 4) is 0 Å². The van der Waals surface area contributed by atoms with Gasteiger partial charge in [0.15, 0.2) is 0 Å². The Balaban J connectivity index is 1.62. The second kappa shape index (κ2) is 5.28. The molecule has 19 heavy (non-hydrogen) atoms. The topological polar surface area (TPSA) is 21.1 Å². The standard InChI is InChI=1S/C16H27N3/c1-12(2)18-7-5-14(10-18)9-15-11-19-6-4-13(3)8-16(19)17-15/h11-14H,4-10H2,1-3H3. The molecule has 1 saturated heterocycles. The fourth-order valence-corrected chi connectivity index (χ4v) is 3.54. The zero-order valence-corrected chi connectivity index (χ0v) is 12.6. The summed E-state index contributed by atoms with van der Waals surface area (Å²) in [5.74, 6) is 2.95. The van der Waals surface area contributed by atoms with Gasteiger partial charge in [0, 0.05) is 31.7 Å². The zero-order chi connectivity index (χ0) is 13.4. The van der Waals surface area contributed by atoms with E-state index < -0.39 is 0 Å². The van der Waals surface area contributed by atoms with Gasteiger partial charge < -0.3 is 9.47 Å². The van der Waals surface area contributed by atoms with Crippen molar-refractivity contribution in [1.29, 1.82) is 0 Å². The third-order valence-corrected chi connectivity index (χ3v) is 4.85. The molecule has 2 aliphatic rings. The van der Waals surface area contributed by atoms with Crippen LogP contribution in [-0.4, -0.2) is 33.6 Å². The van der Waals surface area contributed by atoms with Gasteiger partial charge in [0.2, 0.25) is 0 Å². The average molecular weight is 261 g/mol. The lowest BCUT2D eigenvalue weighted by atomic mass is 10.0. The highest BCUT2D eigenvalue weighted by Gasteiger charge is 2.26. The highest BCUT2D eigenvalue weighted by molar-refractivity contribution is 5.08. The molecule has 0 N–H and O–H groups in total. The van der Waals surface area contributed by atoms with Crippen molar-refractivity contribution >= 4 is 0 Å². The Morgan fingerprint density at radius 3 is 2.89 bits per heavy atom. The second-order valence-corrected chi connectivity index (χ2v) is 6.89. The summed E-state index contributed by atoms with van der Waals surface area (Å²) < 4.78 is 2.39. The third-order valence-electron chi connectivity index (χ3n) is 4.85. The lowest BCUT2D eigenvalue weighted by Crippen LogP contribution is -2.28. The minimum absolute atomic E-state index is 0.695. The van der Waals surface area contributed by atoms with E-state index in [-0.39, 0.29) is 0 Å². The van der Waals surface area contributed by atoms with Crippen LogP contribution in [0.1, 0.15) is 45.1 Å². The minimum Gasteiger partial charge on any atom is -0.335 e. The molecule has 2 unspecified atom stereocenters. The molecule has 0 aromatic carbocycles. The maximum absolute atomic E-state index is 4.88. The van der Waals surface area contributed by atoms with Gasteiger partial charge in [-0.25, -0.2) is 4.98 Å². The quantitative estimate of drug-likeness (QED) is 0.834. The molecule has 2 atom stereocenters. The molecular weight excluding hydrogens is 234 g/mol. The molecule has 1 aromatic rings. The van der Waals surface area contributed by atoms with E-state index in [0.717, 1.165) is 11.8 Å². The first-order valence-electron chi connectivity index (χ1n) is 7.90. The molecule has 0 saturated carbocycles. The summed E-state index contributed by atoms with van der Waals surface area (Å²) in [6.45, 7) is 10.7. The fourth-order valence-electron chi connectivity index (χ4n) is 3.54. The Morgan fingerprint density at radius 1 is 1.32 bits per heavy atom. The molecule has 106 valence electrons. The van der Waals surface area contributed by atoms with Gasteiger partial charge in [0.05, 0.1) is 5.69 Å². The Labute approximate surface area is 117 Å². The maximum Gasteiger partial charge on any atom is 0.109 e. The largest absolute Gasteiger partial charge is 0.335 e. The minimum atomic E-state index is 0.695. The Hall–Kier alpha value is -0.830. The molecule has 3 heteroatoms. The van der Waals surface area contributed by atoms with E-state index in [2.05, 4.69) is 36.4 Å². The predicted molar refractivity (Wildman–Crippen MR) is 78.2 cm³/mol. The van der Waals surface area contributed by atoms with E-state index in [0.29, 0.717) is 6.04 Å². The lowest BCUT2D eigenvalue weighted by Gasteiger charge is -2.19. The van der Waals surface area contributed by atoms with Crippen LogP contribution in [0.2, 0.25) is 0 Å². The summed E-state index contributed by atoms with van der Waals surface area (Å²) in [5, 5.41) is 0. The van der Waals surface area contributed by atoms with Gasteiger partial charge in [-0.05, 0) is 51.5 Å². The van der Waals surface area contributed by atoms with E-state index in [1.165, 1.54) is 56.8 Å². The van der Waals surface area contributed by atoms with Crippen LogP contribution in [0.15, 0.2) is 6.20 Å². The van der Waals surface area contributed by atoms with Crippen LogP contribution in [-0.2, 0) is 19.4 Å². The maximum atomic E-state index is 4.88. The Bertz CT molecular complexity index is 435. The number of likely N-dealkylation sites (tertiary alicyclic amines) is 1. The summed E-state index contributed by atoms with van der Waals surface area (Å²) >= 11 is 0. The predicted octanol–water partition coefficient (Wildman–Crippen LogP) is 2.74. The Morgan fingerprint density at radius 2 is 2.16 bits per heavy atom. The third kappa shape index (κ3) is 2.86. The normalized spacial score (nSPS) is 28.0. The molecule has 3 nitrogen and oxygen atoms in total. The van der Waals surface area contributed by atoms with Gasteiger partial charge in [-0.15, -0.1) is 0 Å². The SMILES string of the molecule is CC1CCn2cc(CC3CCN(C(C)C)C3)nc2C1. The van der Waals surface area contributed by atoms with Crippen LogP contribution in [0.4, 0.5) is 0 Å². The molecular formula is C16H27N3. The van der Waals surface area contributed by atoms with Crippen LogP contribution < -0.4 is 0 Å². The fraction of sp³-hybridized carbons (Fsp3) is 0.812. The number of rotatable bonds is 3. The van der Waals surface area contributed by atoms with Crippen LogP contribution in [0.25, 0.3) is 0 Å². The summed E-state index contributed by atoms with van der Waals surface area (Å²) in [5.41, 5.74) is 1.33. The molecule has 0 amide bonds. The van der Waals surface area contributed by atoms with E-state index in [9.17, 15) is 0 Å². The van der Waals surface area contributed by atoms with Gasteiger partial charge in [0.1, 0.15) is 5.82 Å². The van der Waals surface area contributed by atoms with E-state index in [1.807, 2.05) is 0 Å². The van der Waals surface area contributed by atoms with E-state index >= 15 is 0 Å². The van der Waals surface area contributed by atoms with Crippen molar-refractivity contribution in [3.63, 3.8) is 0 Å². The zero-order valence-electron chi connectivity index (χ0n) is 12.6. The number of fused-ring (bicyclic) bond motifs is 1. The number of imidazole rings is 1. The van der Waals surface area contributed by atoms with Crippen molar-refractivity contribution in [1.82, 2.24) is 14.5 Å². The van der Waals surface area contributed by atoms with Crippen molar-refractivity contribution in [2.24, 2.45) is 11.8 Å². The van der Waals surface area contributed by atoms with Crippen LogP contribution in [0, 0.1) is 11.8 Å². The lowest BCUT2D eigenvalue weighted by molar-refractivity contribution is 0.265. The van der Waals surface area contributed by atoms with E-state index in [4.69, 9.17) is 4.98 Å². The van der Waals surface area contributed by atoms with Gasteiger partial charge in [-0.2, -0.15) is 0 Å². The number of aryl methyl sites for hydroxylation is 1. The van der Waals surface area contributed by atoms with Crippen molar-refractivity contribution in [2.45, 2.75) is 59.0 Å². The van der Waals surface area contributed by atoms with Crippen LogP contribution in [0.3, 0.4) is 0 Å². The van der Waals surface area contributed by atoms with Crippen molar-refractivity contribution in [2.75, 3.05) is 13.1 Å². The number of nitrogens with zero attached hydrogens (tertiary/aromatic N) is 3. The van der Waals surface area contributed by atoms with E-state index in [1.54, 1.807) is 0 Å². The molecule has 0 spiro atoms. The molecule has 0 bridgehead atoms. The first-order chi connectivity index (χ1) is 9.11. The number of hydrogen-bond acceptors (Lipinski definition) is 2. The van der Waals surface area contributed by atoms with Crippen molar-refractivity contribution < 1.29 is 0 Å². The van der Waals surface area contributed by atoms with Crippen LogP contribution in [0.5, 0.6) is 0 Å². The summed E-state index contributed by atoms with van der Waals surface area (Å²) in [6.07, 6.45) is 7.32. The first kappa shape index (κ1) is 13.2. The van der Waals surface area contributed by atoms with Gasteiger partial charge in [-0.1, -0.05) is 6.92 Å². The number of aromatic nitrogens is 2. The highest BCUT2D eigenvalue weighted by Crippen LogP contribution is 2.24. The monoisotopic (exact) mass is 261 g/mol. The molecule has 3 rings (SSSR count). The Kier molecular flexibility index (Phi) is 3.66. The molecule has 0 radical (unpaired) electrons. The highest BCUT2D eigenvalue weighted by atomic mass is 15.2. The second-order valence-electron chi connectivity index (χ2n) is 6.89. The van der Waals surface area contributed by atoms with Gasteiger partial charge in [0.25, 0.3) is 0 Å². The molecule has 0 aliphatic carbocycles. The molecule has 2 aliphatic heterocycles. The van der Waals surface area contributed by atoms with Gasteiger partial charge >= 0.3 is 0 Å². The van der Waals surface area contributed by atoms with Crippen LogP contribution >= 0.6 is 0 Å². The molecule has 3 heterocycles. The first-order valence-corrected chi connectivity index (χ1v) is 7.90. The molecule has 1 aromatic heterocycles. The number of hydrogen-bond donors (Lipinski definition) is 0.